The third-order valence-electron chi connectivity index (χ3n) is 4.90. The average Bonchev–Trinajstić information content (AvgIpc) is 3.15. The van der Waals surface area contributed by atoms with Crippen molar-refractivity contribution in [3.05, 3.63) is 71.4 Å². The van der Waals surface area contributed by atoms with Crippen LogP contribution in [-0.4, -0.2) is 36.5 Å². The standard InChI is InChI=1S/C24H31N5O.HI/c1-3-25-24(27-14-12-23(30)29-16-19-7-5-4-6-8-19)26-13-11-20-17-28-22-15-18(2)9-10-21(20)22;/h4-10,15,17,28H,3,11-14,16H2,1-2H3,(H,29,30)(H2,25,26,27);1H. The molecule has 0 saturated heterocycles. The molecular weight excluding hydrogens is 501 g/mol. The van der Waals surface area contributed by atoms with Gasteiger partial charge in [0.15, 0.2) is 5.96 Å². The first-order valence-electron chi connectivity index (χ1n) is 10.5. The molecule has 1 aromatic heterocycles. The lowest BCUT2D eigenvalue weighted by Gasteiger charge is -2.11. The lowest BCUT2D eigenvalue weighted by molar-refractivity contribution is -0.121. The molecule has 0 bridgehead atoms. The number of hydrogen-bond acceptors (Lipinski definition) is 2. The normalized spacial score (nSPS) is 11.1. The van der Waals surface area contributed by atoms with Crippen molar-refractivity contribution >= 4 is 46.7 Å². The number of guanidine groups is 1. The summed E-state index contributed by atoms with van der Waals surface area (Å²) >= 11 is 0. The Bertz CT molecular complexity index is 984. The van der Waals surface area contributed by atoms with E-state index in [-0.39, 0.29) is 29.9 Å². The lowest BCUT2D eigenvalue weighted by atomic mass is 10.1. The van der Waals surface area contributed by atoms with Gasteiger partial charge in [-0.3, -0.25) is 9.79 Å². The number of halogens is 1. The van der Waals surface area contributed by atoms with Crippen molar-refractivity contribution in [2.24, 2.45) is 4.99 Å². The van der Waals surface area contributed by atoms with E-state index < -0.39 is 0 Å². The van der Waals surface area contributed by atoms with Crippen LogP contribution in [0.25, 0.3) is 10.9 Å². The number of benzene rings is 2. The van der Waals surface area contributed by atoms with Crippen LogP contribution in [0, 0.1) is 6.92 Å². The van der Waals surface area contributed by atoms with Crippen molar-refractivity contribution in [2.45, 2.75) is 33.2 Å². The fraction of sp³-hybridized carbons (Fsp3) is 0.333. The molecule has 1 heterocycles. The molecule has 0 saturated carbocycles. The fourth-order valence-corrected chi connectivity index (χ4v) is 3.32. The highest BCUT2D eigenvalue weighted by Crippen LogP contribution is 2.19. The van der Waals surface area contributed by atoms with Crippen molar-refractivity contribution in [3.8, 4) is 0 Å². The van der Waals surface area contributed by atoms with Crippen LogP contribution < -0.4 is 16.0 Å². The summed E-state index contributed by atoms with van der Waals surface area (Å²) in [6, 6.07) is 16.4. The van der Waals surface area contributed by atoms with Crippen LogP contribution in [0.5, 0.6) is 0 Å². The third-order valence-corrected chi connectivity index (χ3v) is 4.90. The van der Waals surface area contributed by atoms with E-state index in [0.29, 0.717) is 19.5 Å². The summed E-state index contributed by atoms with van der Waals surface area (Å²) < 4.78 is 0. The fourth-order valence-electron chi connectivity index (χ4n) is 3.32. The molecule has 2 aromatic carbocycles. The summed E-state index contributed by atoms with van der Waals surface area (Å²) in [5.74, 6) is 0.747. The number of aromatic amines is 1. The van der Waals surface area contributed by atoms with Gasteiger partial charge in [0.05, 0.1) is 6.54 Å². The molecule has 7 heteroatoms. The topological polar surface area (TPSA) is 81.3 Å². The molecule has 0 atom stereocenters. The van der Waals surface area contributed by atoms with E-state index in [9.17, 15) is 4.79 Å². The third kappa shape index (κ3) is 7.90. The van der Waals surface area contributed by atoms with Gasteiger partial charge in [0.25, 0.3) is 0 Å². The minimum absolute atomic E-state index is 0. The van der Waals surface area contributed by atoms with Gasteiger partial charge in [-0.25, -0.2) is 0 Å². The number of aromatic nitrogens is 1. The number of H-pyrrole nitrogens is 1. The van der Waals surface area contributed by atoms with Gasteiger partial charge in [-0.15, -0.1) is 24.0 Å². The predicted octanol–water partition coefficient (Wildman–Crippen LogP) is 3.90. The zero-order valence-electron chi connectivity index (χ0n) is 18.2. The van der Waals surface area contributed by atoms with Gasteiger partial charge in [-0.2, -0.15) is 0 Å². The number of aryl methyl sites for hydroxylation is 1. The molecule has 0 aliphatic rings. The van der Waals surface area contributed by atoms with E-state index in [1.807, 2.05) is 37.3 Å². The van der Waals surface area contributed by atoms with Gasteiger partial charge in [0.1, 0.15) is 0 Å². The molecular formula is C24H32IN5O. The van der Waals surface area contributed by atoms with Crippen LogP contribution in [0.1, 0.15) is 30.0 Å². The molecule has 166 valence electrons. The first-order chi connectivity index (χ1) is 14.7. The Morgan fingerprint density at radius 2 is 1.87 bits per heavy atom. The van der Waals surface area contributed by atoms with Crippen LogP contribution in [0.2, 0.25) is 0 Å². The van der Waals surface area contributed by atoms with Gasteiger partial charge in [-0.1, -0.05) is 42.5 Å². The van der Waals surface area contributed by atoms with E-state index >= 15 is 0 Å². The van der Waals surface area contributed by atoms with E-state index in [1.165, 1.54) is 22.0 Å². The van der Waals surface area contributed by atoms with Gasteiger partial charge < -0.3 is 20.9 Å². The van der Waals surface area contributed by atoms with Crippen molar-refractivity contribution in [1.82, 2.24) is 20.9 Å². The molecule has 0 unspecified atom stereocenters. The van der Waals surface area contributed by atoms with Crippen LogP contribution in [0.4, 0.5) is 0 Å². The summed E-state index contributed by atoms with van der Waals surface area (Å²) in [6.07, 6.45) is 3.34. The number of carbonyl (C=O) groups is 1. The maximum Gasteiger partial charge on any atom is 0.222 e. The second-order valence-corrected chi connectivity index (χ2v) is 7.31. The number of hydrogen-bond donors (Lipinski definition) is 4. The number of aliphatic imine (C=N–C) groups is 1. The van der Waals surface area contributed by atoms with E-state index in [0.717, 1.165) is 31.0 Å². The maximum absolute atomic E-state index is 12.0. The van der Waals surface area contributed by atoms with Crippen LogP contribution >= 0.6 is 24.0 Å². The second kappa shape index (κ2) is 13.0. The number of nitrogens with zero attached hydrogens (tertiary/aromatic N) is 1. The monoisotopic (exact) mass is 533 g/mol. The Morgan fingerprint density at radius 3 is 2.65 bits per heavy atom. The molecule has 1 amide bonds. The summed E-state index contributed by atoms with van der Waals surface area (Å²) in [5, 5.41) is 10.8. The molecule has 0 aliphatic carbocycles. The van der Waals surface area contributed by atoms with Crippen LogP contribution in [0.3, 0.4) is 0 Å². The molecule has 6 nitrogen and oxygen atoms in total. The van der Waals surface area contributed by atoms with E-state index in [4.69, 9.17) is 0 Å². The largest absolute Gasteiger partial charge is 0.361 e. The predicted molar refractivity (Wildman–Crippen MR) is 139 cm³/mol. The maximum atomic E-state index is 12.0. The van der Waals surface area contributed by atoms with E-state index in [2.05, 4.69) is 57.2 Å². The van der Waals surface area contributed by atoms with Crippen LogP contribution in [0.15, 0.2) is 59.7 Å². The Kier molecular flexibility index (Phi) is 10.4. The molecule has 3 rings (SSSR count). The van der Waals surface area contributed by atoms with Gasteiger partial charge in [0.2, 0.25) is 5.91 Å². The zero-order chi connectivity index (χ0) is 21.2. The summed E-state index contributed by atoms with van der Waals surface area (Å²) in [4.78, 5) is 19.9. The molecule has 3 aromatic rings. The second-order valence-electron chi connectivity index (χ2n) is 7.31. The Hall–Kier alpha value is -2.55. The van der Waals surface area contributed by atoms with Crippen molar-refractivity contribution in [2.75, 3.05) is 19.6 Å². The summed E-state index contributed by atoms with van der Waals surface area (Å²) in [6.45, 7) is 6.67. The Balaban J connectivity index is 0.00000341. The lowest BCUT2D eigenvalue weighted by Crippen LogP contribution is -2.38. The number of nitrogens with one attached hydrogen (secondary N) is 4. The minimum Gasteiger partial charge on any atom is -0.361 e. The molecule has 0 radical (unpaired) electrons. The SMILES string of the molecule is CCNC(=NCCC(=O)NCc1ccccc1)NCCc1c[nH]c2cc(C)ccc12.I. The minimum atomic E-state index is 0. The Labute approximate surface area is 201 Å². The molecule has 0 spiro atoms. The molecule has 4 N–H and O–H groups in total. The van der Waals surface area contributed by atoms with Gasteiger partial charge in [0, 0.05) is 43.2 Å². The van der Waals surface area contributed by atoms with Crippen molar-refractivity contribution < 1.29 is 4.79 Å². The van der Waals surface area contributed by atoms with Crippen molar-refractivity contribution in [3.63, 3.8) is 0 Å². The number of rotatable bonds is 9. The number of carbonyl (C=O) groups excluding carboxylic acids is 1. The molecule has 0 aliphatic heterocycles. The average molecular weight is 533 g/mol. The molecule has 31 heavy (non-hydrogen) atoms. The van der Waals surface area contributed by atoms with E-state index in [1.54, 1.807) is 0 Å². The molecule has 0 fully saturated rings. The van der Waals surface area contributed by atoms with Gasteiger partial charge in [-0.05, 0) is 43.0 Å². The smallest absolute Gasteiger partial charge is 0.222 e. The summed E-state index contributed by atoms with van der Waals surface area (Å²) in [7, 11) is 0. The van der Waals surface area contributed by atoms with Gasteiger partial charge >= 0.3 is 0 Å². The number of fused-ring (bicyclic) bond motifs is 1. The highest BCUT2D eigenvalue weighted by atomic mass is 127. The first kappa shape index (κ1) is 24.7. The highest BCUT2D eigenvalue weighted by Gasteiger charge is 2.05. The number of amides is 1. The van der Waals surface area contributed by atoms with Crippen molar-refractivity contribution in [1.29, 1.82) is 0 Å². The van der Waals surface area contributed by atoms with Crippen LogP contribution in [-0.2, 0) is 17.8 Å². The Morgan fingerprint density at radius 1 is 1.06 bits per heavy atom. The summed E-state index contributed by atoms with van der Waals surface area (Å²) in [5.41, 5.74) is 4.81. The zero-order valence-corrected chi connectivity index (χ0v) is 20.5. The first-order valence-corrected chi connectivity index (χ1v) is 10.5. The highest BCUT2D eigenvalue weighted by molar-refractivity contribution is 14.0. The quantitative estimate of drug-likeness (QED) is 0.191.